The predicted molar refractivity (Wildman–Crippen MR) is 104 cm³/mol. The quantitative estimate of drug-likeness (QED) is 0.811. The fourth-order valence-corrected chi connectivity index (χ4v) is 3.96. The molecule has 3 rings (SSSR count). The Morgan fingerprint density at radius 1 is 1.24 bits per heavy atom. The van der Waals surface area contributed by atoms with E-state index in [0.29, 0.717) is 22.0 Å². The Labute approximate surface area is 156 Å². The summed E-state index contributed by atoms with van der Waals surface area (Å²) < 4.78 is 0. The second kappa shape index (κ2) is 7.50. The molecule has 0 spiro atoms. The van der Waals surface area contributed by atoms with Crippen molar-refractivity contribution in [1.82, 2.24) is 0 Å². The Hall–Kier alpha value is -1.98. The zero-order valence-electron chi connectivity index (χ0n) is 14.1. The third kappa shape index (κ3) is 3.67. The summed E-state index contributed by atoms with van der Waals surface area (Å²) in [5, 5.41) is 6.48. The van der Waals surface area contributed by atoms with Crippen molar-refractivity contribution in [2.24, 2.45) is 0 Å². The Kier molecular flexibility index (Phi) is 5.35. The molecule has 0 bridgehead atoms. The average molecular weight is 375 g/mol. The number of rotatable bonds is 4. The van der Waals surface area contributed by atoms with Gasteiger partial charge < -0.3 is 10.6 Å². The number of aryl methyl sites for hydroxylation is 1. The highest BCUT2D eigenvalue weighted by Gasteiger charge is 2.19. The third-order valence-corrected chi connectivity index (χ3v) is 5.62. The van der Waals surface area contributed by atoms with E-state index in [1.54, 1.807) is 12.1 Å². The number of carbonyl (C=O) groups is 2. The standard InChI is InChI=1S/C19H19ClN2O2S/c1-3-11-5-7-14(20)13(4-2)18(11)22-19(24)12-6-8-16-15(9-12)21-17(23)10-25-16/h5-9H,3-4,10H2,1-2H3,(H,21,23)(H,22,24). The van der Waals surface area contributed by atoms with Crippen LogP contribution in [0.25, 0.3) is 0 Å². The smallest absolute Gasteiger partial charge is 0.255 e. The molecule has 4 nitrogen and oxygen atoms in total. The molecule has 2 aromatic carbocycles. The summed E-state index contributed by atoms with van der Waals surface area (Å²) in [5.74, 6) is 0.145. The fourth-order valence-electron chi connectivity index (χ4n) is 2.88. The molecule has 2 amide bonds. The van der Waals surface area contributed by atoms with Gasteiger partial charge in [-0.25, -0.2) is 0 Å². The number of fused-ring (bicyclic) bond motifs is 1. The Morgan fingerprint density at radius 3 is 2.76 bits per heavy atom. The van der Waals surface area contributed by atoms with E-state index in [-0.39, 0.29) is 11.8 Å². The van der Waals surface area contributed by atoms with Crippen LogP contribution in [0, 0.1) is 0 Å². The van der Waals surface area contributed by atoms with E-state index in [1.807, 2.05) is 32.0 Å². The number of hydrogen-bond donors (Lipinski definition) is 2. The van der Waals surface area contributed by atoms with Crippen molar-refractivity contribution in [2.75, 3.05) is 16.4 Å². The molecule has 0 fully saturated rings. The lowest BCUT2D eigenvalue weighted by molar-refractivity contribution is -0.113. The number of nitrogens with one attached hydrogen (secondary N) is 2. The van der Waals surface area contributed by atoms with Gasteiger partial charge in [-0.15, -0.1) is 11.8 Å². The number of halogens is 1. The summed E-state index contributed by atoms with van der Waals surface area (Å²) in [4.78, 5) is 25.3. The molecular weight excluding hydrogens is 356 g/mol. The number of benzene rings is 2. The number of amides is 2. The predicted octanol–water partition coefficient (Wildman–Crippen LogP) is 4.76. The van der Waals surface area contributed by atoms with Gasteiger partial charge >= 0.3 is 0 Å². The summed E-state index contributed by atoms with van der Waals surface area (Å²) in [5.41, 5.74) is 3.98. The van der Waals surface area contributed by atoms with Gasteiger partial charge in [0.05, 0.1) is 11.4 Å². The van der Waals surface area contributed by atoms with Gasteiger partial charge in [0.2, 0.25) is 5.91 Å². The summed E-state index contributed by atoms with van der Waals surface area (Å²) in [6, 6.07) is 9.19. The Morgan fingerprint density at radius 2 is 2.04 bits per heavy atom. The summed E-state index contributed by atoms with van der Waals surface area (Å²) in [6.45, 7) is 4.06. The molecule has 1 heterocycles. The van der Waals surface area contributed by atoms with E-state index >= 15 is 0 Å². The SMILES string of the molecule is CCc1ccc(Cl)c(CC)c1NC(=O)c1ccc2c(c1)NC(=O)CS2. The first-order valence-corrected chi connectivity index (χ1v) is 9.58. The summed E-state index contributed by atoms with van der Waals surface area (Å²) >= 11 is 7.77. The van der Waals surface area contributed by atoms with Crippen LogP contribution < -0.4 is 10.6 Å². The van der Waals surface area contributed by atoms with Crippen LogP contribution in [-0.4, -0.2) is 17.6 Å². The van der Waals surface area contributed by atoms with E-state index in [0.717, 1.165) is 34.6 Å². The molecule has 1 aliphatic rings. The highest BCUT2D eigenvalue weighted by molar-refractivity contribution is 8.00. The molecule has 0 aromatic heterocycles. The Balaban J connectivity index is 1.92. The normalized spacial score (nSPS) is 13.2. The van der Waals surface area contributed by atoms with Crippen LogP contribution in [0.5, 0.6) is 0 Å². The number of carbonyl (C=O) groups excluding carboxylic acids is 2. The monoisotopic (exact) mass is 374 g/mol. The van der Waals surface area contributed by atoms with Crippen molar-refractivity contribution in [3.8, 4) is 0 Å². The molecule has 0 aliphatic carbocycles. The zero-order valence-corrected chi connectivity index (χ0v) is 15.7. The lowest BCUT2D eigenvalue weighted by Crippen LogP contribution is -2.20. The largest absolute Gasteiger partial charge is 0.324 e. The maximum atomic E-state index is 12.8. The second-order valence-corrected chi connectivity index (χ2v) is 7.19. The molecule has 130 valence electrons. The molecule has 0 saturated heterocycles. The van der Waals surface area contributed by atoms with Gasteiger partial charge in [-0.3, -0.25) is 9.59 Å². The van der Waals surface area contributed by atoms with Crippen LogP contribution in [0.1, 0.15) is 35.3 Å². The molecular formula is C19H19ClN2O2S. The van der Waals surface area contributed by atoms with Crippen molar-refractivity contribution in [3.05, 3.63) is 52.0 Å². The van der Waals surface area contributed by atoms with Crippen molar-refractivity contribution in [1.29, 1.82) is 0 Å². The minimum atomic E-state index is -0.209. The first kappa shape index (κ1) is 17.8. The summed E-state index contributed by atoms with van der Waals surface area (Å²) in [7, 11) is 0. The maximum absolute atomic E-state index is 12.8. The molecule has 25 heavy (non-hydrogen) atoms. The first-order valence-electron chi connectivity index (χ1n) is 8.21. The zero-order chi connectivity index (χ0) is 18.0. The van der Waals surface area contributed by atoms with Gasteiger partial charge in [-0.2, -0.15) is 0 Å². The van der Waals surface area contributed by atoms with Gasteiger partial charge in [-0.05, 0) is 48.2 Å². The van der Waals surface area contributed by atoms with Gasteiger partial charge in [-0.1, -0.05) is 31.5 Å². The van der Waals surface area contributed by atoms with Gasteiger partial charge in [0, 0.05) is 21.2 Å². The lowest BCUT2D eigenvalue weighted by atomic mass is 10.0. The molecule has 0 radical (unpaired) electrons. The average Bonchev–Trinajstić information content (AvgIpc) is 2.61. The third-order valence-electron chi connectivity index (χ3n) is 4.19. The fraction of sp³-hybridized carbons (Fsp3) is 0.263. The molecule has 6 heteroatoms. The first-order chi connectivity index (χ1) is 12.0. The van der Waals surface area contributed by atoms with Gasteiger partial charge in [0.1, 0.15) is 0 Å². The highest BCUT2D eigenvalue weighted by Crippen LogP contribution is 2.33. The lowest BCUT2D eigenvalue weighted by Gasteiger charge is -2.18. The van der Waals surface area contributed by atoms with E-state index in [9.17, 15) is 9.59 Å². The summed E-state index contributed by atoms with van der Waals surface area (Å²) in [6.07, 6.45) is 1.54. The van der Waals surface area contributed by atoms with Crippen molar-refractivity contribution >= 4 is 46.6 Å². The molecule has 2 N–H and O–H groups in total. The van der Waals surface area contributed by atoms with Crippen LogP contribution in [0.2, 0.25) is 5.02 Å². The minimum Gasteiger partial charge on any atom is -0.324 e. The Bertz CT molecular complexity index is 852. The van der Waals surface area contributed by atoms with Crippen molar-refractivity contribution < 1.29 is 9.59 Å². The number of hydrogen-bond acceptors (Lipinski definition) is 3. The van der Waals surface area contributed by atoms with Crippen LogP contribution >= 0.6 is 23.4 Å². The van der Waals surface area contributed by atoms with E-state index < -0.39 is 0 Å². The molecule has 0 atom stereocenters. The van der Waals surface area contributed by atoms with Crippen molar-refractivity contribution in [2.45, 2.75) is 31.6 Å². The highest BCUT2D eigenvalue weighted by atomic mass is 35.5. The van der Waals surface area contributed by atoms with Crippen LogP contribution in [-0.2, 0) is 17.6 Å². The second-order valence-electron chi connectivity index (χ2n) is 5.77. The molecule has 1 aliphatic heterocycles. The maximum Gasteiger partial charge on any atom is 0.255 e. The topological polar surface area (TPSA) is 58.2 Å². The van der Waals surface area contributed by atoms with E-state index in [1.165, 1.54) is 11.8 Å². The van der Waals surface area contributed by atoms with Crippen molar-refractivity contribution in [3.63, 3.8) is 0 Å². The van der Waals surface area contributed by atoms with E-state index in [2.05, 4.69) is 10.6 Å². The molecule has 0 saturated carbocycles. The van der Waals surface area contributed by atoms with Crippen LogP contribution in [0.4, 0.5) is 11.4 Å². The van der Waals surface area contributed by atoms with Crippen LogP contribution in [0.15, 0.2) is 35.2 Å². The number of anilines is 2. The van der Waals surface area contributed by atoms with Crippen LogP contribution in [0.3, 0.4) is 0 Å². The van der Waals surface area contributed by atoms with Gasteiger partial charge in [0.25, 0.3) is 5.91 Å². The van der Waals surface area contributed by atoms with Gasteiger partial charge in [0.15, 0.2) is 0 Å². The molecule has 2 aromatic rings. The number of thioether (sulfide) groups is 1. The molecule has 0 unspecified atom stereocenters. The van der Waals surface area contributed by atoms with E-state index in [4.69, 9.17) is 11.6 Å². The minimum absolute atomic E-state index is 0.0496.